The zero-order valence-corrected chi connectivity index (χ0v) is 24.6. The van der Waals surface area contributed by atoms with Gasteiger partial charge in [0.2, 0.25) is 0 Å². The standard InChI is InChI=1S/C35H34N2O6/c1-38-26-13-5-9-22(17-26)32-34(24-11-7-15-28(19-24)40-3)42-30(36-32)21-31-37-33(23-10-6-14-27(18-23)39-2)35(43-31)25-12-8-16-29(20-25)41-4/h5-20,32-35H,21H2,1-4H3. The third-order valence-electron chi connectivity index (χ3n) is 7.68. The van der Waals surface area contributed by atoms with Crippen molar-refractivity contribution in [3.63, 3.8) is 0 Å². The molecule has 0 bridgehead atoms. The molecule has 4 unspecified atom stereocenters. The lowest BCUT2D eigenvalue weighted by Gasteiger charge is -2.20. The Balaban J connectivity index is 1.33. The first kappa shape index (κ1) is 28.2. The van der Waals surface area contributed by atoms with Crippen LogP contribution < -0.4 is 18.9 Å². The van der Waals surface area contributed by atoms with E-state index in [1.54, 1.807) is 28.4 Å². The quantitative estimate of drug-likeness (QED) is 0.197. The highest BCUT2D eigenvalue weighted by Crippen LogP contribution is 2.45. The Morgan fingerprint density at radius 3 is 1.16 bits per heavy atom. The van der Waals surface area contributed by atoms with Crippen LogP contribution >= 0.6 is 0 Å². The van der Waals surface area contributed by atoms with Gasteiger partial charge >= 0.3 is 0 Å². The summed E-state index contributed by atoms with van der Waals surface area (Å²) in [6, 6.07) is 31.0. The first-order valence-electron chi connectivity index (χ1n) is 14.1. The van der Waals surface area contributed by atoms with Crippen LogP contribution in [0.3, 0.4) is 0 Å². The normalized spacial score (nSPS) is 20.8. The van der Waals surface area contributed by atoms with Crippen LogP contribution in [0.15, 0.2) is 107 Å². The van der Waals surface area contributed by atoms with E-state index in [9.17, 15) is 0 Å². The van der Waals surface area contributed by atoms with Gasteiger partial charge in [0.25, 0.3) is 0 Å². The molecule has 4 atom stereocenters. The summed E-state index contributed by atoms with van der Waals surface area (Å²) in [6.45, 7) is 0. The summed E-state index contributed by atoms with van der Waals surface area (Å²) in [5, 5.41) is 0. The van der Waals surface area contributed by atoms with E-state index < -0.39 is 0 Å². The fourth-order valence-corrected chi connectivity index (χ4v) is 5.52. The average Bonchev–Trinajstić information content (AvgIpc) is 3.70. The lowest BCUT2D eigenvalue weighted by atomic mass is 9.96. The fraction of sp³-hybridized carbons (Fsp3) is 0.257. The molecule has 8 heteroatoms. The molecule has 6 rings (SSSR count). The van der Waals surface area contributed by atoms with E-state index in [0.29, 0.717) is 18.2 Å². The lowest BCUT2D eigenvalue weighted by molar-refractivity contribution is 0.182. The number of rotatable bonds is 10. The smallest absolute Gasteiger partial charge is 0.194 e. The predicted molar refractivity (Wildman–Crippen MR) is 165 cm³/mol. The van der Waals surface area contributed by atoms with Crippen molar-refractivity contribution in [2.75, 3.05) is 28.4 Å². The molecule has 43 heavy (non-hydrogen) atoms. The maximum Gasteiger partial charge on any atom is 0.194 e. The van der Waals surface area contributed by atoms with Crippen molar-refractivity contribution in [3.05, 3.63) is 119 Å². The van der Waals surface area contributed by atoms with Gasteiger partial charge in [-0.1, -0.05) is 48.5 Å². The second-order valence-corrected chi connectivity index (χ2v) is 10.3. The number of hydrogen-bond donors (Lipinski definition) is 0. The van der Waals surface area contributed by atoms with Gasteiger partial charge in [0, 0.05) is 0 Å². The molecule has 0 radical (unpaired) electrons. The summed E-state index contributed by atoms with van der Waals surface area (Å²) in [5.74, 6) is 4.13. The van der Waals surface area contributed by atoms with E-state index in [1.165, 1.54) is 0 Å². The second-order valence-electron chi connectivity index (χ2n) is 10.3. The van der Waals surface area contributed by atoms with Crippen LogP contribution in [-0.2, 0) is 9.47 Å². The van der Waals surface area contributed by atoms with Crippen LogP contribution in [-0.4, -0.2) is 40.2 Å². The largest absolute Gasteiger partial charge is 0.497 e. The van der Waals surface area contributed by atoms with Crippen molar-refractivity contribution >= 4 is 11.8 Å². The number of ether oxygens (including phenoxy) is 6. The van der Waals surface area contributed by atoms with E-state index in [2.05, 4.69) is 0 Å². The molecule has 4 aromatic carbocycles. The van der Waals surface area contributed by atoms with Gasteiger partial charge in [0.15, 0.2) is 24.0 Å². The number of nitrogens with zero attached hydrogens (tertiary/aromatic N) is 2. The van der Waals surface area contributed by atoms with E-state index >= 15 is 0 Å². The molecule has 2 aliphatic heterocycles. The van der Waals surface area contributed by atoms with Crippen LogP contribution in [0.4, 0.5) is 0 Å². The highest BCUT2D eigenvalue weighted by molar-refractivity contribution is 5.98. The van der Waals surface area contributed by atoms with E-state index in [1.807, 2.05) is 97.1 Å². The molecule has 0 spiro atoms. The summed E-state index contributed by atoms with van der Waals surface area (Å²) in [5.41, 5.74) is 3.90. The lowest BCUT2D eigenvalue weighted by Crippen LogP contribution is -2.13. The van der Waals surface area contributed by atoms with Gasteiger partial charge in [-0.25, -0.2) is 9.98 Å². The molecule has 0 fully saturated rings. The zero-order chi connectivity index (χ0) is 29.8. The Morgan fingerprint density at radius 1 is 0.488 bits per heavy atom. The number of benzene rings is 4. The second kappa shape index (κ2) is 12.5. The van der Waals surface area contributed by atoms with Crippen LogP contribution in [0.5, 0.6) is 23.0 Å². The summed E-state index contributed by atoms with van der Waals surface area (Å²) >= 11 is 0. The minimum atomic E-state index is -0.359. The Bertz CT molecular complexity index is 1530. The highest BCUT2D eigenvalue weighted by atomic mass is 16.5. The number of hydrogen-bond acceptors (Lipinski definition) is 8. The van der Waals surface area contributed by atoms with Crippen molar-refractivity contribution in [1.82, 2.24) is 0 Å². The average molecular weight is 579 g/mol. The minimum absolute atomic E-state index is 0.289. The van der Waals surface area contributed by atoms with Crippen molar-refractivity contribution in [2.45, 2.75) is 30.7 Å². The zero-order valence-electron chi connectivity index (χ0n) is 24.6. The molecule has 0 saturated heterocycles. The van der Waals surface area contributed by atoms with Gasteiger partial charge in [0.1, 0.15) is 35.1 Å². The van der Waals surface area contributed by atoms with Crippen LogP contribution in [0.2, 0.25) is 0 Å². The van der Waals surface area contributed by atoms with Gasteiger partial charge < -0.3 is 28.4 Å². The monoisotopic (exact) mass is 578 g/mol. The molecule has 2 aliphatic rings. The summed E-state index contributed by atoms with van der Waals surface area (Å²) in [7, 11) is 6.63. The Hall–Kier alpha value is -4.98. The third kappa shape index (κ3) is 6.00. The van der Waals surface area contributed by atoms with Gasteiger partial charge in [0.05, 0.1) is 34.9 Å². The first-order valence-corrected chi connectivity index (χ1v) is 14.1. The predicted octanol–water partition coefficient (Wildman–Crippen LogP) is 7.23. The Morgan fingerprint density at radius 2 is 0.814 bits per heavy atom. The molecule has 8 nitrogen and oxygen atoms in total. The molecule has 0 aliphatic carbocycles. The molecule has 0 aromatic heterocycles. The van der Waals surface area contributed by atoms with Gasteiger partial charge in [-0.05, 0) is 70.8 Å². The maximum atomic E-state index is 6.56. The number of methoxy groups -OCH3 is 4. The molecular weight excluding hydrogens is 544 g/mol. The highest BCUT2D eigenvalue weighted by Gasteiger charge is 2.38. The summed E-state index contributed by atoms with van der Waals surface area (Å²) in [6.07, 6.45) is -0.410. The van der Waals surface area contributed by atoms with Crippen LogP contribution in [0.1, 0.15) is 53.0 Å². The van der Waals surface area contributed by atoms with Gasteiger partial charge in [-0.2, -0.15) is 0 Å². The Kier molecular flexibility index (Phi) is 8.18. The van der Waals surface area contributed by atoms with E-state index in [4.69, 9.17) is 38.4 Å². The Labute approximate surface area is 251 Å². The van der Waals surface area contributed by atoms with E-state index in [-0.39, 0.29) is 24.3 Å². The van der Waals surface area contributed by atoms with Crippen LogP contribution in [0.25, 0.3) is 0 Å². The molecule has 0 saturated carbocycles. The molecule has 0 amide bonds. The van der Waals surface area contributed by atoms with Gasteiger partial charge in [-0.3, -0.25) is 0 Å². The van der Waals surface area contributed by atoms with Gasteiger partial charge in [-0.15, -0.1) is 0 Å². The van der Waals surface area contributed by atoms with Crippen LogP contribution in [0, 0.1) is 0 Å². The van der Waals surface area contributed by atoms with E-state index in [0.717, 1.165) is 45.3 Å². The number of aliphatic imine (C=N–C) groups is 2. The first-order chi connectivity index (χ1) is 21.1. The minimum Gasteiger partial charge on any atom is -0.497 e. The maximum absolute atomic E-state index is 6.56. The SMILES string of the molecule is COc1cccc(C2N=C(CC3=NC(c4cccc(OC)c4)C(c4cccc(OC)c4)O3)OC2c2cccc(OC)c2)c1. The topological polar surface area (TPSA) is 80.1 Å². The molecular formula is C35H34N2O6. The fourth-order valence-electron chi connectivity index (χ4n) is 5.52. The molecule has 0 N–H and O–H groups in total. The van der Waals surface area contributed by atoms with Crippen molar-refractivity contribution in [1.29, 1.82) is 0 Å². The molecule has 4 aromatic rings. The summed E-state index contributed by atoms with van der Waals surface area (Å²) < 4.78 is 35.1. The molecule has 220 valence electrons. The van der Waals surface area contributed by atoms with Crippen molar-refractivity contribution in [3.8, 4) is 23.0 Å². The van der Waals surface area contributed by atoms with Crippen molar-refractivity contribution < 1.29 is 28.4 Å². The summed E-state index contributed by atoms with van der Waals surface area (Å²) in [4.78, 5) is 10.1. The molecule has 2 heterocycles. The van der Waals surface area contributed by atoms with Crippen molar-refractivity contribution in [2.24, 2.45) is 9.98 Å². The third-order valence-corrected chi connectivity index (χ3v) is 7.68.